The Morgan fingerprint density at radius 3 is 2.67 bits per heavy atom. The lowest BCUT2D eigenvalue weighted by atomic mass is 10.1. The molecule has 0 bridgehead atoms. The summed E-state index contributed by atoms with van der Waals surface area (Å²) in [6.07, 6.45) is 0. The van der Waals surface area contributed by atoms with Crippen LogP contribution in [0.3, 0.4) is 0 Å². The first-order valence-corrected chi connectivity index (χ1v) is 10.3. The van der Waals surface area contributed by atoms with Crippen LogP contribution in [0.5, 0.6) is 0 Å². The third-order valence-corrected chi connectivity index (χ3v) is 5.71. The van der Waals surface area contributed by atoms with Gasteiger partial charge in [-0.3, -0.25) is 4.79 Å². The Morgan fingerprint density at radius 2 is 1.97 bits per heavy atom. The highest BCUT2D eigenvalue weighted by molar-refractivity contribution is 6.30. The van der Waals surface area contributed by atoms with Crippen LogP contribution in [-0.4, -0.2) is 49.6 Å². The maximum atomic E-state index is 12.7. The molecule has 0 spiro atoms. The molecule has 2 aromatic carbocycles. The lowest BCUT2D eigenvalue weighted by Crippen LogP contribution is -3.15. The molecule has 0 aliphatic carbocycles. The van der Waals surface area contributed by atoms with E-state index in [1.165, 1.54) is 0 Å². The molecule has 2 heterocycles. The van der Waals surface area contributed by atoms with Gasteiger partial charge in [0.1, 0.15) is 0 Å². The standard InChI is InChI=1S/C22H23ClN4O3/c1-14-5-6-18-17(11-14)20(21(24-18)22(29)30)25-19(28)13-26-7-9-27(10-8-26)16-4-2-3-15(23)12-16/h2-6,11-12,24H,7-10,13H2,1H3,(H,25,28)(H,29,30). The van der Waals surface area contributed by atoms with Crippen LogP contribution in [0.15, 0.2) is 42.5 Å². The number of aromatic carboxylic acids is 1. The molecule has 3 N–H and O–H groups in total. The summed E-state index contributed by atoms with van der Waals surface area (Å²) in [7, 11) is 0. The number of aryl methyl sites for hydroxylation is 1. The first kappa shape index (κ1) is 20.3. The van der Waals surface area contributed by atoms with Gasteiger partial charge < -0.3 is 30.0 Å². The van der Waals surface area contributed by atoms with Crippen LogP contribution in [0.4, 0.5) is 11.4 Å². The number of anilines is 2. The van der Waals surface area contributed by atoms with E-state index in [4.69, 9.17) is 11.6 Å². The van der Waals surface area contributed by atoms with Crippen LogP contribution < -0.4 is 20.2 Å². The van der Waals surface area contributed by atoms with Gasteiger partial charge in [-0.15, -0.1) is 0 Å². The van der Waals surface area contributed by atoms with E-state index in [1.54, 1.807) is 6.07 Å². The second-order valence-corrected chi connectivity index (χ2v) is 8.09. The van der Waals surface area contributed by atoms with Gasteiger partial charge in [-0.05, 0) is 37.3 Å². The number of amides is 1. The number of piperazine rings is 1. The van der Waals surface area contributed by atoms with Crippen molar-refractivity contribution in [3.8, 4) is 0 Å². The predicted octanol–water partition coefficient (Wildman–Crippen LogP) is 0.837. The van der Waals surface area contributed by atoms with E-state index in [9.17, 15) is 14.7 Å². The number of benzene rings is 2. The normalized spacial score (nSPS) is 14.8. The number of carboxylic acids is 1. The van der Waals surface area contributed by atoms with Crippen LogP contribution in [0.1, 0.15) is 16.1 Å². The zero-order valence-corrected chi connectivity index (χ0v) is 17.4. The lowest BCUT2D eigenvalue weighted by molar-refractivity contribution is -0.892. The van der Waals surface area contributed by atoms with Gasteiger partial charge >= 0.3 is 0 Å². The first-order valence-electron chi connectivity index (χ1n) is 9.88. The summed E-state index contributed by atoms with van der Waals surface area (Å²) in [5, 5.41) is 15.7. The van der Waals surface area contributed by atoms with Crippen LogP contribution >= 0.6 is 11.6 Å². The number of hydrogen-bond donors (Lipinski definition) is 3. The third-order valence-electron chi connectivity index (χ3n) is 5.48. The van der Waals surface area contributed by atoms with Crippen molar-refractivity contribution >= 4 is 45.8 Å². The molecule has 0 atom stereocenters. The van der Waals surface area contributed by atoms with Gasteiger partial charge in [0.25, 0.3) is 5.91 Å². The van der Waals surface area contributed by atoms with E-state index in [2.05, 4.69) is 15.2 Å². The third kappa shape index (κ3) is 4.27. The van der Waals surface area contributed by atoms with Crippen LogP contribution in [0, 0.1) is 6.92 Å². The zero-order valence-electron chi connectivity index (χ0n) is 16.6. The number of carbonyl (C=O) groups is 2. The molecule has 1 aliphatic heterocycles. The number of fused-ring (bicyclic) bond motifs is 1. The van der Waals surface area contributed by atoms with Crippen molar-refractivity contribution in [2.24, 2.45) is 0 Å². The summed E-state index contributed by atoms with van der Waals surface area (Å²) in [4.78, 5) is 30.4. The number of aromatic amines is 1. The van der Waals surface area contributed by atoms with Crippen molar-refractivity contribution in [3.63, 3.8) is 0 Å². The van der Waals surface area contributed by atoms with Crippen molar-refractivity contribution in [3.05, 3.63) is 58.7 Å². The fraction of sp³-hybridized carbons (Fsp3) is 0.273. The topological polar surface area (TPSA) is 92.7 Å². The van der Waals surface area contributed by atoms with Crippen LogP contribution in [0.25, 0.3) is 10.9 Å². The van der Waals surface area contributed by atoms with Crippen molar-refractivity contribution in [2.75, 3.05) is 42.9 Å². The second kappa shape index (κ2) is 8.38. The number of H-pyrrole nitrogens is 1. The molecule has 8 heteroatoms. The Bertz CT molecular complexity index is 1100. The maximum absolute atomic E-state index is 12.7. The summed E-state index contributed by atoms with van der Waals surface area (Å²) in [5.41, 5.74) is 2.88. The van der Waals surface area contributed by atoms with Crippen LogP contribution in [0.2, 0.25) is 5.02 Å². The largest absolute Gasteiger partial charge is 0.543 e. The van der Waals surface area contributed by atoms with E-state index in [0.29, 0.717) is 15.9 Å². The molecule has 3 aromatic rings. The highest BCUT2D eigenvalue weighted by Crippen LogP contribution is 2.28. The van der Waals surface area contributed by atoms with Crippen molar-refractivity contribution < 1.29 is 19.6 Å². The number of carboxylic acid groups (broad SMARTS) is 1. The minimum atomic E-state index is -1.35. The first-order chi connectivity index (χ1) is 14.4. The molecule has 0 radical (unpaired) electrons. The van der Waals surface area contributed by atoms with Crippen molar-refractivity contribution in [1.82, 2.24) is 4.98 Å². The fourth-order valence-corrected chi connectivity index (χ4v) is 4.11. The maximum Gasteiger partial charge on any atom is 0.279 e. The van der Waals surface area contributed by atoms with Gasteiger partial charge in [0.15, 0.2) is 6.54 Å². The average Bonchev–Trinajstić information content (AvgIpc) is 3.06. The smallest absolute Gasteiger partial charge is 0.279 e. The number of halogens is 1. The van der Waals surface area contributed by atoms with Gasteiger partial charge in [0, 0.05) is 21.6 Å². The van der Waals surface area contributed by atoms with E-state index in [0.717, 1.165) is 42.3 Å². The Balaban J connectivity index is 1.42. The SMILES string of the molecule is Cc1ccc2[nH]c(C(=O)[O-])c(NC(=O)C[NH+]3CCN(c4cccc(Cl)c4)CC3)c2c1. The van der Waals surface area contributed by atoms with Crippen LogP contribution in [-0.2, 0) is 4.79 Å². The Kier molecular flexibility index (Phi) is 5.65. The number of rotatable bonds is 5. The summed E-state index contributed by atoms with van der Waals surface area (Å²) >= 11 is 6.08. The second-order valence-electron chi connectivity index (χ2n) is 7.65. The molecule has 4 rings (SSSR count). The highest BCUT2D eigenvalue weighted by atomic mass is 35.5. The molecule has 0 unspecified atom stereocenters. The van der Waals surface area contributed by atoms with E-state index < -0.39 is 5.97 Å². The number of quaternary nitrogens is 1. The Hall–Kier alpha value is -3.03. The van der Waals surface area contributed by atoms with Gasteiger partial charge in [-0.1, -0.05) is 29.3 Å². The predicted molar refractivity (Wildman–Crippen MR) is 115 cm³/mol. The lowest BCUT2D eigenvalue weighted by Gasteiger charge is -2.33. The summed E-state index contributed by atoms with van der Waals surface area (Å²) in [6, 6.07) is 13.3. The zero-order chi connectivity index (χ0) is 21.3. The molecule has 7 nitrogen and oxygen atoms in total. The molecule has 1 amide bonds. The van der Waals surface area contributed by atoms with Crippen molar-refractivity contribution in [2.45, 2.75) is 6.92 Å². The molecule has 156 valence electrons. The average molecular weight is 427 g/mol. The van der Waals surface area contributed by atoms with Gasteiger partial charge in [0.05, 0.1) is 43.5 Å². The fourth-order valence-electron chi connectivity index (χ4n) is 3.93. The van der Waals surface area contributed by atoms with E-state index in [-0.39, 0.29) is 23.8 Å². The van der Waals surface area contributed by atoms with Crippen molar-refractivity contribution in [1.29, 1.82) is 0 Å². The summed E-state index contributed by atoms with van der Waals surface area (Å²) < 4.78 is 0. The number of aromatic nitrogens is 1. The van der Waals surface area contributed by atoms with E-state index in [1.807, 2.05) is 43.3 Å². The molecule has 1 saturated heterocycles. The van der Waals surface area contributed by atoms with Gasteiger partial charge in [-0.2, -0.15) is 0 Å². The molecule has 1 aromatic heterocycles. The molecule has 30 heavy (non-hydrogen) atoms. The quantitative estimate of drug-likeness (QED) is 0.563. The minimum absolute atomic E-state index is 0.107. The van der Waals surface area contributed by atoms with Gasteiger partial charge in [-0.25, -0.2) is 0 Å². The van der Waals surface area contributed by atoms with Gasteiger partial charge in [0.2, 0.25) is 0 Å². The molecule has 1 fully saturated rings. The van der Waals surface area contributed by atoms with E-state index >= 15 is 0 Å². The monoisotopic (exact) mass is 426 g/mol. The molecule has 1 aliphatic rings. The Labute approximate surface area is 179 Å². The summed E-state index contributed by atoms with van der Waals surface area (Å²) in [6.45, 7) is 5.44. The minimum Gasteiger partial charge on any atom is -0.543 e. The molecular formula is C22H23ClN4O3. The molecule has 0 saturated carbocycles. The number of hydrogen-bond acceptors (Lipinski definition) is 4. The number of nitrogens with one attached hydrogen (secondary N) is 3. The highest BCUT2D eigenvalue weighted by Gasteiger charge is 2.24. The molecular weight excluding hydrogens is 404 g/mol. The number of nitrogens with zero attached hydrogens (tertiary/aromatic N) is 1. The number of carbonyl (C=O) groups excluding carboxylic acids is 2. The Morgan fingerprint density at radius 1 is 1.20 bits per heavy atom. The summed E-state index contributed by atoms with van der Waals surface area (Å²) in [5.74, 6) is -1.56.